The molecule has 0 fully saturated rings. The second kappa shape index (κ2) is 5.46. The minimum Gasteiger partial charge on any atom is -0.478 e. The molecule has 0 spiro atoms. The van der Waals surface area contributed by atoms with Crippen molar-refractivity contribution in [1.82, 2.24) is 0 Å². The number of anilines is 1. The summed E-state index contributed by atoms with van der Waals surface area (Å²) in [4.78, 5) is 23.0. The van der Waals surface area contributed by atoms with E-state index in [-0.39, 0.29) is 22.0 Å². The minimum atomic E-state index is -1.14. The molecule has 1 heterocycles. The third-order valence-corrected chi connectivity index (χ3v) is 3.11. The van der Waals surface area contributed by atoms with Crippen molar-refractivity contribution in [3.8, 4) is 0 Å². The quantitative estimate of drug-likeness (QED) is 0.891. The fourth-order valence-corrected chi connectivity index (χ4v) is 2.01. The van der Waals surface area contributed by atoms with Crippen molar-refractivity contribution in [2.45, 2.75) is 0 Å². The molecule has 0 saturated heterocycles. The van der Waals surface area contributed by atoms with Crippen LogP contribution in [0.3, 0.4) is 0 Å². The molecule has 98 valence electrons. The molecule has 0 atom stereocenters. The second-order valence-corrected chi connectivity index (χ2v) is 4.82. The van der Waals surface area contributed by atoms with Crippen molar-refractivity contribution in [3.05, 3.63) is 51.3 Å². The second-order valence-electron chi connectivity index (χ2n) is 3.56. The molecule has 19 heavy (non-hydrogen) atoms. The highest BCUT2D eigenvalue weighted by Gasteiger charge is 2.17. The van der Waals surface area contributed by atoms with Gasteiger partial charge in [-0.15, -0.1) is 0 Å². The van der Waals surface area contributed by atoms with Crippen LogP contribution in [0.4, 0.5) is 5.69 Å². The van der Waals surface area contributed by atoms with Crippen molar-refractivity contribution in [2.75, 3.05) is 5.32 Å². The maximum atomic E-state index is 11.9. The number of carbonyl (C=O) groups is 2. The Morgan fingerprint density at radius 1 is 1.26 bits per heavy atom. The molecule has 0 radical (unpaired) electrons. The summed E-state index contributed by atoms with van der Waals surface area (Å²) >= 11 is 8.89. The normalized spacial score (nSPS) is 10.2. The molecule has 1 amide bonds. The van der Waals surface area contributed by atoms with Gasteiger partial charge in [0.05, 0.1) is 23.1 Å². The lowest BCUT2D eigenvalue weighted by Gasteiger charge is -2.08. The van der Waals surface area contributed by atoms with E-state index in [0.717, 1.165) is 0 Å². The average Bonchev–Trinajstić information content (AvgIpc) is 2.75. The number of carbonyl (C=O) groups excluding carboxylic acids is 1. The Bertz CT molecular complexity index is 653. The first-order valence-electron chi connectivity index (χ1n) is 5.06. The molecular formula is C12H7BrClNO4. The van der Waals surface area contributed by atoms with Crippen LogP contribution in [0.25, 0.3) is 0 Å². The summed E-state index contributed by atoms with van der Waals surface area (Å²) in [6.45, 7) is 0. The zero-order chi connectivity index (χ0) is 14.0. The fraction of sp³-hybridized carbons (Fsp3) is 0. The van der Waals surface area contributed by atoms with Crippen molar-refractivity contribution in [3.63, 3.8) is 0 Å². The van der Waals surface area contributed by atoms with Gasteiger partial charge >= 0.3 is 5.97 Å². The van der Waals surface area contributed by atoms with Gasteiger partial charge in [-0.1, -0.05) is 15.9 Å². The van der Waals surface area contributed by atoms with E-state index < -0.39 is 11.9 Å². The molecule has 0 saturated carbocycles. The first-order chi connectivity index (χ1) is 8.99. The van der Waals surface area contributed by atoms with E-state index in [1.165, 1.54) is 24.5 Å². The molecular weight excluding hydrogens is 337 g/mol. The molecule has 0 unspecified atom stereocenters. The highest BCUT2D eigenvalue weighted by atomic mass is 79.9. The molecule has 2 aromatic rings. The van der Waals surface area contributed by atoms with Gasteiger partial charge in [0.25, 0.3) is 5.91 Å². The highest BCUT2D eigenvalue weighted by Crippen LogP contribution is 2.24. The van der Waals surface area contributed by atoms with Crippen LogP contribution in [-0.4, -0.2) is 17.0 Å². The molecule has 0 aliphatic carbocycles. The van der Waals surface area contributed by atoms with E-state index >= 15 is 0 Å². The molecule has 0 aliphatic rings. The lowest BCUT2D eigenvalue weighted by atomic mass is 10.1. The number of carboxylic acid groups (broad SMARTS) is 1. The number of carboxylic acids is 1. The van der Waals surface area contributed by atoms with Crippen molar-refractivity contribution in [2.24, 2.45) is 0 Å². The summed E-state index contributed by atoms with van der Waals surface area (Å²) in [6.07, 6.45) is 1.27. The molecule has 0 bridgehead atoms. The van der Waals surface area contributed by atoms with Gasteiger partial charge in [0.1, 0.15) is 0 Å². The van der Waals surface area contributed by atoms with Crippen LogP contribution in [0.15, 0.2) is 39.4 Å². The third-order valence-electron chi connectivity index (χ3n) is 2.32. The summed E-state index contributed by atoms with van der Waals surface area (Å²) in [5, 5.41) is 11.5. The van der Waals surface area contributed by atoms with Gasteiger partial charge < -0.3 is 14.8 Å². The lowest BCUT2D eigenvalue weighted by Crippen LogP contribution is -2.14. The lowest BCUT2D eigenvalue weighted by molar-refractivity contribution is 0.0698. The third kappa shape index (κ3) is 2.97. The summed E-state index contributed by atoms with van der Waals surface area (Å²) in [5.74, 6) is -1.68. The number of hydrogen-bond acceptors (Lipinski definition) is 3. The van der Waals surface area contributed by atoms with E-state index in [1.807, 2.05) is 0 Å². The molecule has 1 aromatic heterocycles. The Labute approximate surface area is 121 Å². The number of amides is 1. The highest BCUT2D eigenvalue weighted by molar-refractivity contribution is 9.10. The van der Waals surface area contributed by atoms with Crippen molar-refractivity contribution in [1.29, 1.82) is 0 Å². The van der Waals surface area contributed by atoms with Crippen LogP contribution in [0.5, 0.6) is 0 Å². The standard InChI is InChI=1S/C12H7BrClNO4/c13-6-1-2-7(12(17)18)9(5-6)15-11(16)8-3-4-19-10(8)14/h1-5H,(H,15,16)(H,17,18). The minimum absolute atomic E-state index is 0.0174. The first kappa shape index (κ1) is 13.6. The van der Waals surface area contributed by atoms with Gasteiger partial charge in [-0.3, -0.25) is 4.79 Å². The first-order valence-corrected chi connectivity index (χ1v) is 6.23. The zero-order valence-corrected chi connectivity index (χ0v) is 11.7. The van der Waals surface area contributed by atoms with E-state index in [4.69, 9.17) is 21.1 Å². The molecule has 5 nitrogen and oxygen atoms in total. The molecule has 2 N–H and O–H groups in total. The van der Waals surface area contributed by atoms with Crippen LogP contribution < -0.4 is 5.32 Å². The number of hydrogen-bond donors (Lipinski definition) is 2. The van der Waals surface area contributed by atoms with Crippen LogP contribution in [0.1, 0.15) is 20.7 Å². The maximum Gasteiger partial charge on any atom is 0.337 e. The summed E-state index contributed by atoms with van der Waals surface area (Å²) in [7, 11) is 0. The molecule has 7 heteroatoms. The predicted octanol–water partition coefficient (Wildman–Crippen LogP) is 3.65. The summed E-state index contributed by atoms with van der Waals surface area (Å²) in [6, 6.07) is 5.86. The SMILES string of the molecule is O=C(O)c1ccc(Br)cc1NC(=O)c1ccoc1Cl. The van der Waals surface area contributed by atoms with Crippen LogP contribution in [-0.2, 0) is 0 Å². The topological polar surface area (TPSA) is 79.5 Å². The Kier molecular flexibility index (Phi) is 3.92. The van der Waals surface area contributed by atoms with Crippen molar-refractivity contribution < 1.29 is 19.1 Å². The molecule has 1 aromatic carbocycles. The van der Waals surface area contributed by atoms with Gasteiger partial charge in [-0.05, 0) is 35.9 Å². The summed E-state index contributed by atoms with van der Waals surface area (Å²) in [5.41, 5.74) is 0.290. The maximum absolute atomic E-state index is 11.9. The predicted molar refractivity (Wildman–Crippen MR) is 72.8 cm³/mol. The van der Waals surface area contributed by atoms with E-state index in [2.05, 4.69) is 21.2 Å². The van der Waals surface area contributed by atoms with Crippen LogP contribution in [0, 0.1) is 0 Å². The number of rotatable bonds is 3. The van der Waals surface area contributed by atoms with E-state index in [9.17, 15) is 9.59 Å². The van der Waals surface area contributed by atoms with Crippen LogP contribution >= 0.6 is 27.5 Å². The molecule has 0 aliphatic heterocycles. The monoisotopic (exact) mass is 343 g/mol. The Morgan fingerprint density at radius 2 is 2.00 bits per heavy atom. The fourth-order valence-electron chi connectivity index (χ4n) is 1.45. The van der Waals surface area contributed by atoms with Gasteiger partial charge in [0, 0.05) is 4.47 Å². The van der Waals surface area contributed by atoms with E-state index in [1.54, 1.807) is 6.07 Å². The van der Waals surface area contributed by atoms with Gasteiger partial charge in [-0.25, -0.2) is 4.79 Å². The number of benzene rings is 1. The smallest absolute Gasteiger partial charge is 0.337 e. The average molecular weight is 345 g/mol. The van der Waals surface area contributed by atoms with E-state index in [0.29, 0.717) is 4.47 Å². The van der Waals surface area contributed by atoms with Crippen LogP contribution in [0.2, 0.25) is 5.22 Å². The van der Waals surface area contributed by atoms with Gasteiger partial charge in [0.15, 0.2) is 0 Å². The molecule has 2 rings (SSSR count). The largest absolute Gasteiger partial charge is 0.478 e. The van der Waals surface area contributed by atoms with Gasteiger partial charge in [-0.2, -0.15) is 0 Å². The number of halogens is 2. The zero-order valence-electron chi connectivity index (χ0n) is 9.31. The van der Waals surface area contributed by atoms with Gasteiger partial charge in [0.2, 0.25) is 5.22 Å². The Balaban J connectivity index is 2.33. The Morgan fingerprint density at radius 3 is 2.58 bits per heavy atom. The van der Waals surface area contributed by atoms with Crippen molar-refractivity contribution >= 4 is 45.1 Å². The summed E-state index contributed by atoms with van der Waals surface area (Å²) < 4.78 is 5.45. The Hall–Kier alpha value is -1.79. The number of furan rings is 1. The number of aromatic carboxylic acids is 1. The number of nitrogens with one attached hydrogen (secondary N) is 1.